The van der Waals surface area contributed by atoms with Crippen molar-refractivity contribution in [2.24, 2.45) is 5.73 Å². The fourth-order valence-corrected chi connectivity index (χ4v) is 3.79. The minimum Gasteiger partial charge on any atom is -0.368 e. The van der Waals surface area contributed by atoms with E-state index < -0.39 is 11.9 Å². The van der Waals surface area contributed by atoms with Crippen LogP contribution in [-0.2, 0) is 9.59 Å². The zero-order valence-electron chi connectivity index (χ0n) is 16.6. The molecule has 0 saturated carbocycles. The van der Waals surface area contributed by atoms with E-state index in [-0.39, 0.29) is 5.91 Å². The third-order valence-corrected chi connectivity index (χ3v) is 5.33. The number of benzene rings is 2. The summed E-state index contributed by atoms with van der Waals surface area (Å²) in [5.74, 6) is -0.650. The highest BCUT2D eigenvalue weighted by Crippen LogP contribution is 2.25. The molecule has 2 N–H and O–H groups in total. The van der Waals surface area contributed by atoms with Gasteiger partial charge in [-0.1, -0.05) is 48.5 Å². The second-order valence-corrected chi connectivity index (χ2v) is 7.36. The van der Waals surface area contributed by atoms with Gasteiger partial charge < -0.3 is 10.6 Å². The molecule has 2 heterocycles. The largest absolute Gasteiger partial charge is 0.368 e. The summed E-state index contributed by atoms with van der Waals surface area (Å²) in [4.78, 5) is 26.1. The van der Waals surface area contributed by atoms with Crippen LogP contribution in [0.15, 0.2) is 72.9 Å². The molecular weight excluding hydrogens is 376 g/mol. The first-order valence-electron chi connectivity index (χ1n) is 10.1. The van der Waals surface area contributed by atoms with Gasteiger partial charge in [0.2, 0.25) is 11.8 Å². The molecule has 6 nitrogen and oxygen atoms in total. The maximum atomic E-state index is 12.8. The van der Waals surface area contributed by atoms with E-state index in [0.717, 1.165) is 35.3 Å². The molecule has 1 aromatic heterocycles. The Morgan fingerprint density at radius 1 is 1.00 bits per heavy atom. The van der Waals surface area contributed by atoms with Gasteiger partial charge >= 0.3 is 0 Å². The molecule has 0 radical (unpaired) electrons. The van der Waals surface area contributed by atoms with Crippen LogP contribution in [0.2, 0.25) is 0 Å². The SMILES string of the molecule is NC(=O)C1CCCCN1C(=O)C=Cc1cn(-c2ccccc2)nc1-c1ccccc1. The molecule has 30 heavy (non-hydrogen) atoms. The summed E-state index contributed by atoms with van der Waals surface area (Å²) in [5.41, 5.74) is 9.01. The van der Waals surface area contributed by atoms with E-state index in [2.05, 4.69) is 0 Å². The van der Waals surface area contributed by atoms with Crippen molar-refractivity contribution in [2.45, 2.75) is 25.3 Å². The number of hydrogen-bond acceptors (Lipinski definition) is 3. The number of piperidine rings is 1. The van der Waals surface area contributed by atoms with E-state index in [1.165, 1.54) is 6.08 Å². The van der Waals surface area contributed by atoms with Crippen molar-refractivity contribution in [2.75, 3.05) is 6.54 Å². The zero-order valence-corrected chi connectivity index (χ0v) is 16.6. The first-order chi connectivity index (χ1) is 14.6. The summed E-state index contributed by atoms with van der Waals surface area (Å²) >= 11 is 0. The highest BCUT2D eigenvalue weighted by molar-refractivity contribution is 5.96. The number of carbonyl (C=O) groups excluding carboxylic acids is 2. The number of likely N-dealkylation sites (tertiary alicyclic amines) is 1. The number of rotatable bonds is 5. The molecule has 2 aromatic carbocycles. The van der Waals surface area contributed by atoms with Gasteiger partial charge in [-0.25, -0.2) is 4.68 Å². The number of carbonyl (C=O) groups is 2. The Kier molecular flexibility index (Phi) is 5.75. The van der Waals surface area contributed by atoms with Crippen molar-refractivity contribution < 1.29 is 9.59 Å². The average molecular weight is 400 g/mol. The van der Waals surface area contributed by atoms with Crippen LogP contribution in [-0.4, -0.2) is 39.1 Å². The maximum Gasteiger partial charge on any atom is 0.247 e. The highest BCUT2D eigenvalue weighted by atomic mass is 16.2. The molecular formula is C24H24N4O2. The van der Waals surface area contributed by atoms with Crippen molar-refractivity contribution in [3.8, 4) is 16.9 Å². The fraction of sp³-hybridized carbons (Fsp3) is 0.208. The van der Waals surface area contributed by atoms with Gasteiger partial charge in [-0.2, -0.15) is 5.10 Å². The lowest BCUT2D eigenvalue weighted by Gasteiger charge is -2.32. The topological polar surface area (TPSA) is 81.2 Å². The zero-order chi connectivity index (χ0) is 20.9. The van der Waals surface area contributed by atoms with Gasteiger partial charge in [-0.05, 0) is 37.5 Å². The summed E-state index contributed by atoms with van der Waals surface area (Å²) in [5, 5.41) is 4.75. The van der Waals surface area contributed by atoms with Gasteiger partial charge in [-0.15, -0.1) is 0 Å². The smallest absolute Gasteiger partial charge is 0.247 e. The summed E-state index contributed by atoms with van der Waals surface area (Å²) < 4.78 is 1.81. The molecule has 6 heteroatoms. The van der Waals surface area contributed by atoms with E-state index in [0.29, 0.717) is 13.0 Å². The fourth-order valence-electron chi connectivity index (χ4n) is 3.79. The Balaban J connectivity index is 1.66. The van der Waals surface area contributed by atoms with E-state index in [9.17, 15) is 9.59 Å². The first kappa shape index (κ1) is 19.6. The van der Waals surface area contributed by atoms with Crippen LogP contribution in [0.4, 0.5) is 0 Å². The van der Waals surface area contributed by atoms with Gasteiger partial charge in [0, 0.05) is 29.9 Å². The Labute approximate surface area is 175 Å². The molecule has 3 aromatic rings. The molecule has 2 amide bonds. The van der Waals surface area contributed by atoms with Crippen LogP contribution in [0.25, 0.3) is 23.0 Å². The molecule has 0 bridgehead atoms. The molecule has 0 spiro atoms. The van der Waals surface area contributed by atoms with E-state index in [4.69, 9.17) is 10.8 Å². The average Bonchev–Trinajstić information content (AvgIpc) is 3.23. The lowest BCUT2D eigenvalue weighted by Crippen LogP contribution is -2.49. The number of primary amides is 1. The second kappa shape index (κ2) is 8.78. The molecule has 1 unspecified atom stereocenters. The molecule has 1 fully saturated rings. The van der Waals surface area contributed by atoms with Crippen LogP contribution < -0.4 is 5.73 Å². The van der Waals surface area contributed by atoms with Crippen molar-refractivity contribution >= 4 is 17.9 Å². The van der Waals surface area contributed by atoms with E-state index >= 15 is 0 Å². The number of hydrogen-bond donors (Lipinski definition) is 1. The summed E-state index contributed by atoms with van der Waals surface area (Å²) in [6.45, 7) is 0.547. The van der Waals surface area contributed by atoms with E-state index in [1.54, 1.807) is 15.7 Å². The lowest BCUT2D eigenvalue weighted by atomic mass is 10.0. The monoisotopic (exact) mass is 400 g/mol. The number of amides is 2. The van der Waals surface area contributed by atoms with Crippen LogP contribution >= 0.6 is 0 Å². The van der Waals surface area contributed by atoms with Gasteiger partial charge in [0.1, 0.15) is 6.04 Å². The van der Waals surface area contributed by atoms with Gasteiger partial charge in [-0.3, -0.25) is 9.59 Å². The second-order valence-electron chi connectivity index (χ2n) is 7.36. The number of nitrogens with zero attached hydrogens (tertiary/aromatic N) is 3. The lowest BCUT2D eigenvalue weighted by molar-refractivity contribution is -0.137. The van der Waals surface area contributed by atoms with Crippen LogP contribution in [0.1, 0.15) is 24.8 Å². The number of nitrogens with two attached hydrogens (primary N) is 1. The third kappa shape index (κ3) is 4.17. The predicted octanol–water partition coefficient (Wildman–Crippen LogP) is 3.42. The Bertz CT molecular complexity index is 1060. The summed E-state index contributed by atoms with van der Waals surface area (Å²) in [6, 6.07) is 19.1. The van der Waals surface area contributed by atoms with Crippen molar-refractivity contribution in [3.05, 3.63) is 78.5 Å². The molecule has 1 atom stereocenters. The van der Waals surface area contributed by atoms with Gasteiger partial charge in [0.05, 0.1) is 11.4 Å². The minimum atomic E-state index is -0.531. The quantitative estimate of drug-likeness (QED) is 0.667. The number of para-hydroxylation sites is 1. The highest BCUT2D eigenvalue weighted by Gasteiger charge is 2.29. The Hall–Kier alpha value is -3.67. The molecule has 1 saturated heterocycles. The first-order valence-corrected chi connectivity index (χ1v) is 10.1. The predicted molar refractivity (Wildman–Crippen MR) is 117 cm³/mol. The standard InChI is InChI=1S/C24H24N4O2/c25-24(30)21-13-7-8-16-27(21)22(29)15-14-19-17-28(20-11-5-2-6-12-20)26-23(19)18-9-3-1-4-10-18/h1-6,9-12,14-15,17,21H,7-8,13,16H2,(H2,25,30). The Morgan fingerprint density at radius 2 is 1.70 bits per heavy atom. The van der Waals surface area contributed by atoms with Crippen LogP contribution in [0.3, 0.4) is 0 Å². The molecule has 4 rings (SSSR count). The van der Waals surface area contributed by atoms with Gasteiger partial charge in [0.15, 0.2) is 0 Å². The molecule has 1 aliphatic rings. The third-order valence-electron chi connectivity index (χ3n) is 5.33. The molecule has 152 valence electrons. The van der Waals surface area contributed by atoms with E-state index in [1.807, 2.05) is 66.9 Å². The van der Waals surface area contributed by atoms with Gasteiger partial charge in [0.25, 0.3) is 0 Å². The minimum absolute atomic E-state index is 0.204. The number of aromatic nitrogens is 2. The van der Waals surface area contributed by atoms with Crippen molar-refractivity contribution in [1.29, 1.82) is 0 Å². The normalized spacial score (nSPS) is 16.7. The Morgan fingerprint density at radius 3 is 2.40 bits per heavy atom. The summed E-state index contributed by atoms with van der Waals surface area (Å²) in [6.07, 6.45) is 7.59. The molecule has 0 aliphatic carbocycles. The molecule has 1 aliphatic heterocycles. The van der Waals surface area contributed by atoms with Crippen LogP contribution in [0.5, 0.6) is 0 Å². The maximum absolute atomic E-state index is 12.8. The summed E-state index contributed by atoms with van der Waals surface area (Å²) in [7, 11) is 0. The van der Waals surface area contributed by atoms with Crippen LogP contribution in [0, 0.1) is 0 Å². The van der Waals surface area contributed by atoms with Crippen molar-refractivity contribution in [1.82, 2.24) is 14.7 Å². The van der Waals surface area contributed by atoms with Crippen molar-refractivity contribution in [3.63, 3.8) is 0 Å².